The standard InChI is InChI=1S/C24H23ClN2O7S/c1-32-21-13-12-18(14-22(21)33-2)35(30,31)27(17-10-8-16(25)9-11-17)15-23(28)26-20-7-5-4-6-19(20)24(29)34-3/h4-14H,15H2,1-3H3,(H,26,28). The lowest BCUT2D eigenvalue weighted by molar-refractivity contribution is -0.114. The number of anilines is 2. The molecule has 0 aliphatic rings. The second-order valence-corrected chi connectivity index (χ2v) is 9.39. The van der Waals surface area contributed by atoms with Gasteiger partial charge >= 0.3 is 5.97 Å². The Hall–Kier alpha value is -3.76. The summed E-state index contributed by atoms with van der Waals surface area (Å²) in [5.41, 5.74) is 0.522. The number of esters is 1. The van der Waals surface area contributed by atoms with Gasteiger partial charge in [-0.1, -0.05) is 23.7 Å². The van der Waals surface area contributed by atoms with Crippen LogP contribution in [0.15, 0.2) is 71.6 Å². The van der Waals surface area contributed by atoms with Gasteiger partial charge in [-0.2, -0.15) is 0 Å². The van der Waals surface area contributed by atoms with Crippen LogP contribution >= 0.6 is 11.6 Å². The fourth-order valence-electron chi connectivity index (χ4n) is 3.23. The van der Waals surface area contributed by atoms with E-state index in [1.165, 1.54) is 75.9 Å². The lowest BCUT2D eigenvalue weighted by atomic mass is 10.2. The molecule has 3 aromatic rings. The van der Waals surface area contributed by atoms with Crippen molar-refractivity contribution in [2.75, 3.05) is 37.5 Å². The van der Waals surface area contributed by atoms with Gasteiger partial charge in [-0.05, 0) is 48.5 Å². The molecule has 11 heteroatoms. The average Bonchev–Trinajstić information content (AvgIpc) is 2.87. The van der Waals surface area contributed by atoms with Gasteiger partial charge in [-0.3, -0.25) is 9.10 Å². The van der Waals surface area contributed by atoms with Crippen molar-refractivity contribution >= 4 is 44.9 Å². The maximum Gasteiger partial charge on any atom is 0.339 e. The van der Waals surface area contributed by atoms with E-state index in [-0.39, 0.29) is 27.6 Å². The molecule has 9 nitrogen and oxygen atoms in total. The number of para-hydroxylation sites is 1. The molecule has 0 radical (unpaired) electrons. The Kier molecular flexibility index (Phi) is 8.21. The molecule has 0 atom stereocenters. The fraction of sp³-hybridized carbons (Fsp3) is 0.167. The van der Waals surface area contributed by atoms with E-state index in [4.69, 9.17) is 25.8 Å². The summed E-state index contributed by atoms with van der Waals surface area (Å²) in [6, 6.07) is 16.3. The summed E-state index contributed by atoms with van der Waals surface area (Å²) in [5.74, 6) is -0.767. The van der Waals surface area contributed by atoms with Crippen LogP contribution in [-0.2, 0) is 19.6 Å². The van der Waals surface area contributed by atoms with E-state index in [1.54, 1.807) is 12.1 Å². The molecule has 35 heavy (non-hydrogen) atoms. The third-order valence-electron chi connectivity index (χ3n) is 4.95. The van der Waals surface area contributed by atoms with Crippen molar-refractivity contribution < 1.29 is 32.2 Å². The Balaban J connectivity index is 1.99. The number of benzene rings is 3. The molecule has 0 saturated heterocycles. The van der Waals surface area contributed by atoms with E-state index in [2.05, 4.69) is 5.32 Å². The number of rotatable bonds is 9. The molecule has 3 aromatic carbocycles. The van der Waals surface area contributed by atoms with Crippen LogP contribution in [0.4, 0.5) is 11.4 Å². The minimum absolute atomic E-state index is 0.118. The largest absolute Gasteiger partial charge is 0.493 e. The molecule has 0 heterocycles. The molecular formula is C24H23ClN2O7S. The zero-order valence-electron chi connectivity index (χ0n) is 19.1. The number of carbonyl (C=O) groups excluding carboxylic acids is 2. The van der Waals surface area contributed by atoms with E-state index in [0.717, 1.165) is 4.31 Å². The number of hydrogen-bond acceptors (Lipinski definition) is 7. The van der Waals surface area contributed by atoms with Gasteiger partial charge < -0.3 is 19.5 Å². The van der Waals surface area contributed by atoms with Gasteiger partial charge in [0.25, 0.3) is 10.0 Å². The summed E-state index contributed by atoms with van der Waals surface area (Å²) in [7, 11) is -0.200. The van der Waals surface area contributed by atoms with Gasteiger partial charge in [0.15, 0.2) is 11.5 Å². The molecule has 0 aliphatic heterocycles. The predicted octanol–water partition coefficient (Wildman–Crippen LogP) is 3.98. The molecule has 0 aliphatic carbocycles. The van der Waals surface area contributed by atoms with Crippen LogP contribution in [-0.4, -0.2) is 48.2 Å². The highest BCUT2D eigenvalue weighted by Crippen LogP contribution is 2.32. The lowest BCUT2D eigenvalue weighted by Gasteiger charge is -2.24. The van der Waals surface area contributed by atoms with Gasteiger partial charge in [-0.25, -0.2) is 13.2 Å². The van der Waals surface area contributed by atoms with E-state index in [9.17, 15) is 18.0 Å². The third kappa shape index (κ3) is 5.84. The first-order chi connectivity index (χ1) is 16.7. The molecule has 0 aromatic heterocycles. The number of sulfonamides is 1. The lowest BCUT2D eigenvalue weighted by Crippen LogP contribution is -2.38. The molecule has 1 N–H and O–H groups in total. The van der Waals surface area contributed by atoms with Crippen LogP contribution in [0, 0.1) is 0 Å². The number of nitrogens with zero attached hydrogens (tertiary/aromatic N) is 1. The minimum Gasteiger partial charge on any atom is -0.493 e. The molecule has 0 bridgehead atoms. The van der Waals surface area contributed by atoms with Crippen molar-refractivity contribution in [3.8, 4) is 11.5 Å². The smallest absolute Gasteiger partial charge is 0.339 e. The van der Waals surface area contributed by atoms with Crippen molar-refractivity contribution in [2.24, 2.45) is 0 Å². The molecule has 184 valence electrons. The molecule has 0 fully saturated rings. The number of methoxy groups -OCH3 is 3. The van der Waals surface area contributed by atoms with Crippen LogP contribution in [0.1, 0.15) is 10.4 Å². The average molecular weight is 519 g/mol. The van der Waals surface area contributed by atoms with Crippen LogP contribution in [0.25, 0.3) is 0 Å². The topological polar surface area (TPSA) is 111 Å². The quantitative estimate of drug-likeness (QED) is 0.426. The SMILES string of the molecule is COC(=O)c1ccccc1NC(=O)CN(c1ccc(Cl)cc1)S(=O)(=O)c1ccc(OC)c(OC)c1. The van der Waals surface area contributed by atoms with E-state index < -0.39 is 28.4 Å². The first kappa shape index (κ1) is 25.9. The molecule has 3 rings (SSSR count). The van der Waals surface area contributed by atoms with Gasteiger partial charge in [0, 0.05) is 11.1 Å². The summed E-state index contributed by atoms with van der Waals surface area (Å²) in [4.78, 5) is 24.9. The van der Waals surface area contributed by atoms with Gasteiger partial charge in [0.1, 0.15) is 6.54 Å². The first-order valence-electron chi connectivity index (χ1n) is 10.2. The Morgan fingerprint density at radius 3 is 2.20 bits per heavy atom. The molecule has 0 saturated carbocycles. The summed E-state index contributed by atoms with van der Waals surface area (Å²) >= 11 is 5.97. The summed E-state index contributed by atoms with van der Waals surface area (Å²) in [6.07, 6.45) is 0. The summed E-state index contributed by atoms with van der Waals surface area (Å²) in [5, 5.41) is 2.98. The Morgan fingerprint density at radius 2 is 1.57 bits per heavy atom. The number of halogens is 1. The van der Waals surface area contributed by atoms with Crippen LogP contribution in [0.2, 0.25) is 5.02 Å². The highest BCUT2D eigenvalue weighted by molar-refractivity contribution is 7.92. The monoisotopic (exact) mass is 518 g/mol. The Morgan fingerprint density at radius 1 is 0.914 bits per heavy atom. The minimum atomic E-state index is -4.24. The summed E-state index contributed by atoms with van der Waals surface area (Å²) in [6.45, 7) is -0.589. The van der Waals surface area contributed by atoms with Crippen molar-refractivity contribution in [1.29, 1.82) is 0 Å². The number of ether oxygens (including phenoxy) is 3. The van der Waals surface area contributed by atoms with Gasteiger partial charge in [0.2, 0.25) is 5.91 Å². The van der Waals surface area contributed by atoms with Crippen molar-refractivity contribution in [2.45, 2.75) is 4.90 Å². The summed E-state index contributed by atoms with van der Waals surface area (Å²) < 4.78 is 43.4. The van der Waals surface area contributed by atoms with Gasteiger partial charge in [-0.15, -0.1) is 0 Å². The highest BCUT2D eigenvalue weighted by atomic mass is 35.5. The number of nitrogens with one attached hydrogen (secondary N) is 1. The highest BCUT2D eigenvalue weighted by Gasteiger charge is 2.29. The first-order valence-corrected chi connectivity index (χ1v) is 12.0. The second-order valence-electron chi connectivity index (χ2n) is 7.09. The zero-order chi connectivity index (χ0) is 25.6. The maximum atomic E-state index is 13.6. The zero-order valence-corrected chi connectivity index (χ0v) is 20.7. The Bertz CT molecular complexity index is 1330. The fourth-order valence-corrected chi connectivity index (χ4v) is 4.79. The molecule has 1 amide bonds. The van der Waals surface area contributed by atoms with Crippen LogP contribution in [0.5, 0.6) is 11.5 Å². The second kappa shape index (κ2) is 11.1. The van der Waals surface area contributed by atoms with Crippen LogP contribution in [0.3, 0.4) is 0 Å². The Labute approximate surface area is 208 Å². The maximum absolute atomic E-state index is 13.6. The molecular weight excluding hydrogens is 496 g/mol. The number of amides is 1. The van der Waals surface area contributed by atoms with E-state index in [0.29, 0.717) is 10.8 Å². The van der Waals surface area contributed by atoms with Crippen LogP contribution < -0.4 is 19.1 Å². The van der Waals surface area contributed by atoms with Crippen molar-refractivity contribution in [3.63, 3.8) is 0 Å². The predicted molar refractivity (Wildman–Crippen MR) is 132 cm³/mol. The molecule has 0 unspecified atom stereocenters. The molecule has 0 spiro atoms. The third-order valence-corrected chi connectivity index (χ3v) is 6.97. The normalized spacial score (nSPS) is 10.9. The van der Waals surface area contributed by atoms with E-state index >= 15 is 0 Å². The number of carbonyl (C=O) groups is 2. The van der Waals surface area contributed by atoms with Crippen molar-refractivity contribution in [1.82, 2.24) is 0 Å². The van der Waals surface area contributed by atoms with Gasteiger partial charge in [0.05, 0.1) is 43.2 Å². The van der Waals surface area contributed by atoms with Crippen molar-refractivity contribution in [3.05, 3.63) is 77.3 Å². The number of hydrogen-bond donors (Lipinski definition) is 1. The van der Waals surface area contributed by atoms with E-state index in [1.807, 2.05) is 0 Å².